The fourth-order valence-electron chi connectivity index (χ4n) is 1.91. The zero-order valence-electron chi connectivity index (χ0n) is 11.0. The summed E-state index contributed by atoms with van der Waals surface area (Å²) in [4.78, 5) is 25.0. The van der Waals surface area contributed by atoms with Gasteiger partial charge in [0.05, 0.1) is 6.54 Å². The maximum Gasteiger partial charge on any atom is 0.233 e. The Morgan fingerprint density at radius 3 is 2.29 bits per heavy atom. The molecule has 4 nitrogen and oxygen atoms in total. The first-order valence-corrected chi connectivity index (χ1v) is 6.21. The Morgan fingerprint density at radius 2 is 1.82 bits per heavy atom. The molecule has 0 radical (unpaired) electrons. The van der Waals surface area contributed by atoms with Gasteiger partial charge in [-0.2, -0.15) is 0 Å². The molecular formula is C13H22N2O2. The summed E-state index contributed by atoms with van der Waals surface area (Å²) in [6.07, 6.45) is 1.06. The number of likely N-dealkylation sites (tertiary alicyclic amines) is 1. The fraction of sp³-hybridized carbons (Fsp3) is 0.692. The summed E-state index contributed by atoms with van der Waals surface area (Å²) in [6, 6.07) is 0. The van der Waals surface area contributed by atoms with Crippen molar-refractivity contribution >= 4 is 11.8 Å². The Labute approximate surface area is 103 Å². The number of hydrogen-bond acceptors (Lipinski definition) is 3. The standard InChI is InChI=1S/C13H22N2O2/c1-5-6-14-7-9(2)8-15-12(16)10(3)11(4)13(15)17/h10-11,14H,2,5-8H2,1,3-4H3. The SMILES string of the molecule is C=C(CNCCC)CN1C(=O)C(C)C(C)C1=O. The van der Waals surface area contributed by atoms with Crippen molar-refractivity contribution in [2.24, 2.45) is 11.8 Å². The van der Waals surface area contributed by atoms with E-state index in [-0.39, 0.29) is 23.7 Å². The van der Waals surface area contributed by atoms with Crippen molar-refractivity contribution in [1.82, 2.24) is 10.2 Å². The van der Waals surface area contributed by atoms with Crippen LogP contribution in [-0.4, -0.2) is 36.3 Å². The van der Waals surface area contributed by atoms with Crippen molar-refractivity contribution in [1.29, 1.82) is 0 Å². The maximum atomic E-state index is 11.8. The minimum atomic E-state index is -0.195. The number of hydrogen-bond donors (Lipinski definition) is 1. The van der Waals surface area contributed by atoms with Crippen molar-refractivity contribution in [2.45, 2.75) is 27.2 Å². The van der Waals surface area contributed by atoms with Gasteiger partial charge in [0, 0.05) is 18.4 Å². The number of nitrogens with zero attached hydrogens (tertiary/aromatic N) is 1. The smallest absolute Gasteiger partial charge is 0.233 e. The third-order valence-electron chi connectivity index (χ3n) is 3.24. The highest BCUT2D eigenvalue weighted by molar-refractivity contribution is 6.04. The Hall–Kier alpha value is -1.16. The van der Waals surface area contributed by atoms with Crippen LogP contribution in [0.2, 0.25) is 0 Å². The molecule has 1 rings (SSSR count). The van der Waals surface area contributed by atoms with Gasteiger partial charge in [0.15, 0.2) is 0 Å². The molecule has 2 unspecified atom stereocenters. The zero-order valence-corrected chi connectivity index (χ0v) is 11.0. The quantitative estimate of drug-likeness (QED) is 0.429. The summed E-state index contributed by atoms with van der Waals surface area (Å²) in [7, 11) is 0. The second-order valence-corrected chi connectivity index (χ2v) is 4.77. The highest BCUT2D eigenvalue weighted by Gasteiger charge is 2.41. The highest BCUT2D eigenvalue weighted by atomic mass is 16.2. The van der Waals surface area contributed by atoms with E-state index in [1.165, 1.54) is 4.90 Å². The molecular weight excluding hydrogens is 216 g/mol. The molecule has 4 heteroatoms. The molecule has 0 bridgehead atoms. The number of nitrogens with one attached hydrogen (secondary N) is 1. The van der Waals surface area contributed by atoms with Gasteiger partial charge in [-0.1, -0.05) is 27.4 Å². The van der Waals surface area contributed by atoms with E-state index in [2.05, 4.69) is 18.8 Å². The second-order valence-electron chi connectivity index (χ2n) is 4.77. The van der Waals surface area contributed by atoms with Crippen LogP contribution in [0.15, 0.2) is 12.2 Å². The van der Waals surface area contributed by atoms with Crippen molar-refractivity contribution in [2.75, 3.05) is 19.6 Å². The number of carbonyl (C=O) groups excluding carboxylic acids is 2. The number of imide groups is 1. The summed E-state index contributed by atoms with van der Waals surface area (Å²) >= 11 is 0. The van der Waals surface area contributed by atoms with Crippen LogP contribution in [0.5, 0.6) is 0 Å². The average Bonchev–Trinajstić information content (AvgIpc) is 2.47. The van der Waals surface area contributed by atoms with E-state index in [1.54, 1.807) is 0 Å². The molecule has 0 spiro atoms. The van der Waals surface area contributed by atoms with Crippen LogP contribution in [0.1, 0.15) is 27.2 Å². The van der Waals surface area contributed by atoms with Crippen LogP contribution in [-0.2, 0) is 9.59 Å². The van der Waals surface area contributed by atoms with Gasteiger partial charge in [-0.3, -0.25) is 14.5 Å². The van der Waals surface area contributed by atoms with Crippen LogP contribution in [0, 0.1) is 11.8 Å². The lowest BCUT2D eigenvalue weighted by atomic mass is 10.00. The molecule has 0 aromatic heterocycles. The summed E-state index contributed by atoms with van der Waals surface area (Å²) in [5, 5.41) is 3.21. The van der Waals surface area contributed by atoms with Gasteiger partial charge in [-0.15, -0.1) is 0 Å². The Morgan fingerprint density at radius 1 is 1.29 bits per heavy atom. The van der Waals surface area contributed by atoms with E-state index in [0.29, 0.717) is 13.1 Å². The number of rotatable bonds is 6. The molecule has 1 aliphatic heterocycles. The lowest BCUT2D eigenvalue weighted by Gasteiger charge is -2.16. The first kappa shape index (κ1) is 13.9. The predicted octanol–water partition coefficient (Wildman–Crippen LogP) is 1.18. The van der Waals surface area contributed by atoms with Gasteiger partial charge in [-0.05, 0) is 18.5 Å². The topological polar surface area (TPSA) is 49.4 Å². The summed E-state index contributed by atoms with van der Waals surface area (Å²) < 4.78 is 0. The lowest BCUT2D eigenvalue weighted by Crippen LogP contribution is -2.34. The van der Waals surface area contributed by atoms with Crippen LogP contribution in [0.4, 0.5) is 0 Å². The Balaban J connectivity index is 2.49. The molecule has 1 saturated heterocycles. The van der Waals surface area contributed by atoms with Gasteiger partial charge in [-0.25, -0.2) is 0 Å². The molecule has 96 valence electrons. The maximum absolute atomic E-state index is 11.8. The molecule has 2 amide bonds. The summed E-state index contributed by atoms with van der Waals surface area (Å²) in [6.45, 7) is 11.5. The van der Waals surface area contributed by atoms with E-state index in [9.17, 15) is 9.59 Å². The molecule has 1 fully saturated rings. The molecule has 0 saturated carbocycles. The third kappa shape index (κ3) is 3.16. The lowest BCUT2D eigenvalue weighted by molar-refractivity contribution is -0.139. The van der Waals surface area contributed by atoms with E-state index >= 15 is 0 Å². The molecule has 1 N–H and O–H groups in total. The van der Waals surface area contributed by atoms with E-state index in [1.807, 2.05) is 13.8 Å². The summed E-state index contributed by atoms with van der Waals surface area (Å²) in [5.74, 6) is -0.531. The van der Waals surface area contributed by atoms with Gasteiger partial charge in [0.2, 0.25) is 11.8 Å². The first-order chi connectivity index (χ1) is 7.99. The van der Waals surface area contributed by atoms with Crippen LogP contribution in [0.3, 0.4) is 0 Å². The van der Waals surface area contributed by atoms with Crippen LogP contribution in [0.25, 0.3) is 0 Å². The molecule has 1 heterocycles. The molecule has 0 aromatic carbocycles. The van der Waals surface area contributed by atoms with Crippen molar-refractivity contribution in [3.8, 4) is 0 Å². The van der Waals surface area contributed by atoms with Crippen LogP contribution < -0.4 is 5.32 Å². The van der Waals surface area contributed by atoms with Crippen LogP contribution >= 0.6 is 0 Å². The van der Waals surface area contributed by atoms with E-state index in [0.717, 1.165) is 18.5 Å². The number of carbonyl (C=O) groups is 2. The van der Waals surface area contributed by atoms with E-state index < -0.39 is 0 Å². The minimum absolute atomic E-state index is 0.0702. The largest absolute Gasteiger partial charge is 0.313 e. The minimum Gasteiger partial charge on any atom is -0.313 e. The van der Waals surface area contributed by atoms with Gasteiger partial charge in [0.1, 0.15) is 0 Å². The zero-order chi connectivity index (χ0) is 13.0. The van der Waals surface area contributed by atoms with Crippen molar-refractivity contribution in [3.63, 3.8) is 0 Å². The molecule has 17 heavy (non-hydrogen) atoms. The number of amides is 2. The van der Waals surface area contributed by atoms with E-state index in [4.69, 9.17) is 0 Å². The first-order valence-electron chi connectivity index (χ1n) is 6.21. The predicted molar refractivity (Wildman–Crippen MR) is 67.3 cm³/mol. The molecule has 0 aromatic rings. The van der Waals surface area contributed by atoms with Gasteiger partial charge >= 0.3 is 0 Å². The highest BCUT2D eigenvalue weighted by Crippen LogP contribution is 2.25. The normalized spacial score (nSPS) is 24.5. The second kappa shape index (κ2) is 5.96. The van der Waals surface area contributed by atoms with Crippen molar-refractivity contribution < 1.29 is 9.59 Å². The molecule has 0 aliphatic carbocycles. The molecule has 2 atom stereocenters. The Kier molecular flexibility index (Phi) is 4.87. The van der Waals surface area contributed by atoms with Crippen molar-refractivity contribution in [3.05, 3.63) is 12.2 Å². The fourth-order valence-corrected chi connectivity index (χ4v) is 1.91. The molecule has 1 aliphatic rings. The Bertz CT molecular complexity index is 305. The van der Waals surface area contributed by atoms with Gasteiger partial charge in [0.25, 0.3) is 0 Å². The summed E-state index contributed by atoms with van der Waals surface area (Å²) in [5.41, 5.74) is 0.876. The average molecular weight is 238 g/mol. The van der Waals surface area contributed by atoms with Gasteiger partial charge < -0.3 is 5.32 Å². The monoisotopic (exact) mass is 238 g/mol. The third-order valence-corrected chi connectivity index (χ3v) is 3.24.